The molecule has 1 aromatic carbocycles. The Bertz CT molecular complexity index is 366. The monoisotopic (exact) mass is 243 g/mol. The summed E-state index contributed by atoms with van der Waals surface area (Å²) in [6.07, 6.45) is 0. The van der Waals surface area contributed by atoms with E-state index < -0.39 is 0 Å². The van der Waals surface area contributed by atoms with Crippen LogP contribution < -0.4 is 9.47 Å². The molecule has 0 radical (unpaired) electrons. The Hall–Kier alpha value is -0.930. The van der Waals surface area contributed by atoms with Crippen LogP contribution in [0.4, 0.5) is 0 Å². The average Bonchev–Trinajstić information content (AvgIpc) is 2.27. The summed E-state index contributed by atoms with van der Waals surface area (Å²) in [4.78, 5) is 1.92. The van der Waals surface area contributed by atoms with Crippen LogP contribution in [-0.2, 0) is 0 Å². The molecule has 1 unspecified atom stereocenters. The van der Waals surface area contributed by atoms with Crippen LogP contribution in [0.1, 0.15) is 16.6 Å². The van der Waals surface area contributed by atoms with Crippen LogP contribution in [0.3, 0.4) is 0 Å². The molecule has 3 nitrogen and oxygen atoms in total. The van der Waals surface area contributed by atoms with E-state index in [0.717, 1.165) is 22.6 Å². The predicted molar refractivity (Wildman–Crippen MR) is 66.6 cm³/mol. The summed E-state index contributed by atoms with van der Waals surface area (Å²) < 4.78 is 10.6. The van der Waals surface area contributed by atoms with Crippen LogP contribution in [0.5, 0.6) is 11.5 Å². The van der Waals surface area contributed by atoms with Crippen LogP contribution >= 0.6 is 11.6 Å². The zero-order chi connectivity index (χ0) is 12.3. The number of halogens is 1. The molecule has 0 aliphatic rings. The molecule has 16 heavy (non-hydrogen) atoms. The first-order chi connectivity index (χ1) is 7.52. The molecule has 90 valence electrons. The number of nitrogens with zero attached hydrogens (tertiary/aromatic N) is 1. The van der Waals surface area contributed by atoms with Crippen LogP contribution in [-0.4, -0.2) is 33.2 Å². The normalized spacial score (nSPS) is 12.7. The fourth-order valence-electron chi connectivity index (χ4n) is 1.65. The van der Waals surface area contributed by atoms with Crippen molar-refractivity contribution in [3.8, 4) is 11.5 Å². The second kappa shape index (κ2) is 5.41. The Morgan fingerprint density at radius 1 is 1.19 bits per heavy atom. The van der Waals surface area contributed by atoms with Gasteiger partial charge in [-0.25, -0.2) is 0 Å². The van der Waals surface area contributed by atoms with E-state index >= 15 is 0 Å². The highest BCUT2D eigenvalue weighted by atomic mass is 35.5. The minimum atomic E-state index is -0.209. The van der Waals surface area contributed by atoms with Crippen LogP contribution in [0.15, 0.2) is 12.1 Å². The van der Waals surface area contributed by atoms with Gasteiger partial charge in [0.2, 0.25) is 0 Å². The lowest BCUT2D eigenvalue weighted by Gasteiger charge is -2.22. The maximum absolute atomic E-state index is 6.30. The predicted octanol–water partition coefficient (Wildman–Crippen LogP) is 2.81. The van der Waals surface area contributed by atoms with Gasteiger partial charge >= 0.3 is 0 Å². The van der Waals surface area contributed by atoms with E-state index in [1.54, 1.807) is 14.2 Å². The number of ether oxygens (including phenoxy) is 2. The number of hydrogen-bond acceptors (Lipinski definition) is 3. The first-order valence-corrected chi connectivity index (χ1v) is 5.48. The van der Waals surface area contributed by atoms with E-state index in [2.05, 4.69) is 0 Å². The molecule has 0 aromatic heterocycles. The average molecular weight is 244 g/mol. The summed E-state index contributed by atoms with van der Waals surface area (Å²) in [5.41, 5.74) is 1.71. The molecular formula is C12H18ClNO2. The highest BCUT2D eigenvalue weighted by Gasteiger charge is 2.18. The lowest BCUT2D eigenvalue weighted by atomic mass is 10.1. The smallest absolute Gasteiger partial charge is 0.131 e. The Balaban J connectivity index is 3.25. The maximum Gasteiger partial charge on any atom is 0.131 e. The SMILES string of the molecule is COc1ccc(C(Cl)N(C)C)c(OC)c1C. The lowest BCUT2D eigenvalue weighted by Crippen LogP contribution is -2.16. The van der Waals surface area contributed by atoms with Crippen LogP contribution in [0.25, 0.3) is 0 Å². The lowest BCUT2D eigenvalue weighted by molar-refractivity contribution is 0.353. The molecule has 0 fully saturated rings. The van der Waals surface area contributed by atoms with Crippen LogP contribution in [0.2, 0.25) is 0 Å². The summed E-state index contributed by atoms with van der Waals surface area (Å²) in [7, 11) is 7.14. The standard InChI is InChI=1S/C12H18ClNO2/c1-8-10(15-4)7-6-9(11(8)16-5)12(13)14(2)3/h6-7,12H,1-5H3. The van der Waals surface area contributed by atoms with Crippen LogP contribution in [0, 0.1) is 6.92 Å². The fourth-order valence-corrected chi connectivity index (χ4v) is 1.82. The van der Waals surface area contributed by atoms with Gasteiger partial charge in [-0.05, 0) is 33.2 Å². The zero-order valence-corrected chi connectivity index (χ0v) is 11.1. The van der Waals surface area contributed by atoms with E-state index in [1.165, 1.54) is 0 Å². The Morgan fingerprint density at radius 2 is 1.81 bits per heavy atom. The largest absolute Gasteiger partial charge is 0.496 e. The van der Waals surface area contributed by atoms with Crippen molar-refractivity contribution >= 4 is 11.6 Å². The summed E-state index contributed by atoms with van der Waals surface area (Å²) in [6, 6.07) is 3.84. The molecule has 0 amide bonds. The second-order valence-corrected chi connectivity index (χ2v) is 4.23. The molecule has 0 saturated heterocycles. The molecule has 0 N–H and O–H groups in total. The molecule has 4 heteroatoms. The van der Waals surface area contributed by atoms with Crippen molar-refractivity contribution in [1.82, 2.24) is 4.90 Å². The topological polar surface area (TPSA) is 21.7 Å². The minimum absolute atomic E-state index is 0.209. The molecule has 0 saturated carbocycles. The summed E-state index contributed by atoms with van der Waals surface area (Å²) in [6.45, 7) is 1.96. The third-order valence-corrected chi connectivity index (χ3v) is 3.15. The van der Waals surface area contributed by atoms with Gasteiger partial charge in [0.05, 0.1) is 14.2 Å². The molecule has 1 aromatic rings. The first kappa shape index (κ1) is 13.1. The second-order valence-electron chi connectivity index (χ2n) is 3.81. The van der Waals surface area contributed by atoms with Gasteiger partial charge in [0.15, 0.2) is 0 Å². The van der Waals surface area contributed by atoms with Crippen molar-refractivity contribution in [2.24, 2.45) is 0 Å². The van der Waals surface area contributed by atoms with E-state index in [0.29, 0.717) is 0 Å². The zero-order valence-electron chi connectivity index (χ0n) is 10.4. The van der Waals surface area contributed by atoms with Gasteiger partial charge in [-0.2, -0.15) is 0 Å². The molecule has 1 atom stereocenters. The fraction of sp³-hybridized carbons (Fsp3) is 0.500. The summed E-state index contributed by atoms with van der Waals surface area (Å²) >= 11 is 6.30. The van der Waals surface area contributed by atoms with E-state index in [1.807, 2.05) is 38.1 Å². The maximum atomic E-state index is 6.30. The van der Waals surface area contributed by atoms with Crippen molar-refractivity contribution in [3.05, 3.63) is 23.3 Å². The van der Waals surface area contributed by atoms with Gasteiger partial charge in [0, 0.05) is 11.1 Å². The highest BCUT2D eigenvalue weighted by molar-refractivity contribution is 6.20. The highest BCUT2D eigenvalue weighted by Crippen LogP contribution is 2.37. The molecule has 0 spiro atoms. The number of hydrogen-bond donors (Lipinski definition) is 0. The molecule has 0 heterocycles. The number of rotatable bonds is 4. The van der Waals surface area contributed by atoms with E-state index in [9.17, 15) is 0 Å². The van der Waals surface area contributed by atoms with Gasteiger partial charge in [-0.1, -0.05) is 0 Å². The Labute approximate surface area is 102 Å². The molecule has 0 aliphatic heterocycles. The van der Waals surface area contributed by atoms with Crippen molar-refractivity contribution in [1.29, 1.82) is 0 Å². The molecule has 0 bridgehead atoms. The summed E-state index contributed by atoms with van der Waals surface area (Å²) in [5.74, 6) is 1.59. The summed E-state index contributed by atoms with van der Waals surface area (Å²) in [5, 5.41) is 0. The van der Waals surface area contributed by atoms with Crippen molar-refractivity contribution in [3.63, 3.8) is 0 Å². The third-order valence-electron chi connectivity index (χ3n) is 2.52. The quantitative estimate of drug-likeness (QED) is 0.600. The van der Waals surface area contributed by atoms with Gasteiger partial charge in [-0.3, -0.25) is 4.90 Å². The Kier molecular flexibility index (Phi) is 4.44. The number of methoxy groups -OCH3 is 2. The van der Waals surface area contributed by atoms with E-state index in [4.69, 9.17) is 21.1 Å². The van der Waals surface area contributed by atoms with Crippen molar-refractivity contribution < 1.29 is 9.47 Å². The van der Waals surface area contributed by atoms with Gasteiger partial charge < -0.3 is 9.47 Å². The van der Waals surface area contributed by atoms with Crippen molar-refractivity contribution in [2.75, 3.05) is 28.3 Å². The van der Waals surface area contributed by atoms with E-state index in [-0.39, 0.29) is 5.50 Å². The minimum Gasteiger partial charge on any atom is -0.496 e. The van der Waals surface area contributed by atoms with Gasteiger partial charge in [0.25, 0.3) is 0 Å². The Morgan fingerprint density at radius 3 is 2.25 bits per heavy atom. The first-order valence-electron chi connectivity index (χ1n) is 5.04. The molecule has 1 rings (SSSR count). The molecule has 0 aliphatic carbocycles. The number of benzene rings is 1. The van der Waals surface area contributed by atoms with Crippen molar-refractivity contribution in [2.45, 2.75) is 12.4 Å². The van der Waals surface area contributed by atoms with Gasteiger partial charge in [-0.15, -0.1) is 11.6 Å². The molecular weight excluding hydrogens is 226 g/mol. The number of alkyl halides is 1. The third kappa shape index (κ3) is 2.42. The van der Waals surface area contributed by atoms with Gasteiger partial charge in [0.1, 0.15) is 17.0 Å².